The first-order valence-electron chi connectivity index (χ1n) is 10.3. The number of ketones is 1. The van der Waals surface area contributed by atoms with E-state index in [-0.39, 0.29) is 22.2 Å². The Hall–Kier alpha value is -4.09. The molecule has 1 amide bonds. The molecule has 1 fully saturated rings. The number of aliphatic hydroxyl groups excluding tert-OH is 1. The van der Waals surface area contributed by atoms with Gasteiger partial charge in [0.1, 0.15) is 17.6 Å². The molecule has 1 aliphatic heterocycles. The highest BCUT2D eigenvalue weighted by Gasteiger charge is 2.48. The average molecular weight is 508 g/mol. The van der Waals surface area contributed by atoms with Crippen molar-refractivity contribution in [3.05, 3.63) is 85.6 Å². The number of ether oxygens (including phenoxy) is 1. The second-order valence-corrected chi connectivity index (χ2v) is 9.76. The van der Waals surface area contributed by atoms with Crippen LogP contribution in [0.2, 0.25) is 0 Å². The van der Waals surface area contributed by atoms with Crippen LogP contribution in [0.4, 0.5) is 10.8 Å². The molecule has 35 heavy (non-hydrogen) atoms. The number of anilines is 1. The fraction of sp³-hybridized carbons (Fsp3) is 0.125. The van der Waals surface area contributed by atoms with E-state index in [4.69, 9.17) is 4.74 Å². The Labute approximate surface area is 206 Å². The SMILES string of the molecule is COc1ccc(/C(O)=C2\C(=O)C(=O)N(c3nc4ccc([N+](=O)[O-])cc4s3)C2c2cccs2)c(C)c1. The number of methoxy groups -OCH3 is 1. The number of thiophene rings is 1. The number of fused-ring (bicyclic) bond motifs is 1. The highest BCUT2D eigenvalue weighted by atomic mass is 32.1. The number of hydrogen-bond donors (Lipinski definition) is 1. The number of hydrogen-bond acceptors (Lipinski definition) is 9. The number of benzene rings is 2. The van der Waals surface area contributed by atoms with Gasteiger partial charge in [0, 0.05) is 22.6 Å². The molecule has 9 nitrogen and oxygen atoms in total. The van der Waals surface area contributed by atoms with Crippen LogP contribution in [0.5, 0.6) is 5.75 Å². The number of aliphatic hydroxyl groups is 1. The van der Waals surface area contributed by atoms with Crippen LogP contribution in [-0.2, 0) is 9.59 Å². The van der Waals surface area contributed by atoms with Crippen molar-refractivity contribution in [2.24, 2.45) is 0 Å². The Bertz CT molecular complexity index is 1540. The molecule has 3 heterocycles. The van der Waals surface area contributed by atoms with Crippen LogP contribution >= 0.6 is 22.7 Å². The lowest BCUT2D eigenvalue weighted by atomic mass is 9.97. The van der Waals surface area contributed by atoms with E-state index < -0.39 is 22.7 Å². The van der Waals surface area contributed by atoms with Gasteiger partial charge in [-0.25, -0.2) is 4.98 Å². The van der Waals surface area contributed by atoms with Gasteiger partial charge in [-0.15, -0.1) is 11.3 Å². The molecule has 1 unspecified atom stereocenters. The zero-order chi connectivity index (χ0) is 24.9. The summed E-state index contributed by atoms with van der Waals surface area (Å²) in [7, 11) is 1.53. The van der Waals surface area contributed by atoms with Crippen molar-refractivity contribution in [3.8, 4) is 5.75 Å². The lowest BCUT2D eigenvalue weighted by molar-refractivity contribution is -0.384. The van der Waals surface area contributed by atoms with Gasteiger partial charge in [-0.1, -0.05) is 17.4 Å². The van der Waals surface area contributed by atoms with Gasteiger partial charge in [0.05, 0.1) is 27.8 Å². The van der Waals surface area contributed by atoms with Gasteiger partial charge in [0.15, 0.2) is 5.13 Å². The van der Waals surface area contributed by atoms with Crippen LogP contribution in [0.15, 0.2) is 59.5 Å². The molecule has 11 heteroatoms. The molecule has 2 aromatic carbocycles. The summed E-state index contributed by atoms with van der Waals surface area (Å²) < 4.78 is 5.73. The molecular weight excluding hydrogens is 490 g/mol. The average Bonchev–Trinajstić information content (AvgIpc) is 3.56. The van der Waals surface area contributed by atoms with Gasteiger partial charge < -0.3 is 9.84 Å². The number of thiazole rings is 1. The zero-order valence-electron chi connectivity index (χ0n) is 18.4. The van der Waals surface area contributed by atoms with E-state index in [1.807, 2.05) is 5.38 Å². The second kappa shape index (κ2) is 8.60. The van der Waals surface area contributed by atoms with Gasteiger partial charge in [-0.05, 0) is 48.2 Å². The number of aryl methyl sites for hydroxylation is 1. The van der Waals surface area contributed by atoms with Gasteiger partial charge in [0.25, 0.3) is 11.5 Å². The van der Waals surface area contributed by atoms with Crippen molar-refractivity contribution >= 4 is 61.2 Å². The predicted octanol–water partition coefficient (Wildman–Crippen LogP) is 5.21. The molecule has 5 rings (SSSR count). The fourth-order valence-corrected chi connectivity index (χ4v) is 5.89. The Morgan fingerprint density at radius 3 is 2.66 bits per heavy atom. The van der Waals surface area contributed by atoms with Gasteiger partial charge in [-0.2, -0.15) is 0 Å². The summed E-state index contributed by atoms with van der Waals surface area (Å²) in [4.78, 5) is 43.6. The van der Waals surface area contributed by atoms with E-state index in [1.165, 1.54) is 41.5 Å². The molecule has 0 radical (unpaired) electrons. The maximum atomic E-state index is 13.3. The normalized spacial score (nSPS) is 17.3. The number of aromatic nitrogens is 1. The first-order valence-corrected chi connectivity index (χ1v) is 12.0. The quantitative estimate of drug-likeness (QED) is 0.129. The molecule has 0 spiro atoms. The number of carbonyl (C=O) groups excluding carboxylic acids is 2. The molecule has 176 valence electrons. The van der Waals surface area contributed by atoms with Crippen molar-refractivity contribution in [2.45, 2.75) is 13.0 Å². The minimum absolute atomic E-state index is 0.0454. The van der Waals surface area contributed by atoms with Gasteiger partial charge in [0.2, 0.25) is 0 Å². The minimum Gasteiger partial charge on any atom is -0.507 e. The topological polar surface area (TPSA) is 123 Å². The van der Waals surface area contributed by atoms with Gasteiger partial charge >= 0.3 is 5.91 Å². The number of nitrogens with zero attached hydrogens (tertiary/aromatic N) is 3. The Balaban J connectivity index is 1.69. The van der Waals surface area contributed by atoms with Crippen molar-refractivity contribution in [2.75, 3.05) is 12.0 Å². The molecule has 1 saturated heterocycles. The van der Waals surface area contributed by atoms with Crippen LogP contribution in [0, 0.1) is 17.0 Å². The summed E-state index contributed by atoms with van der Waals surface area (Å²) in [6.07, 6.45) is 0. The molecule has 1 N–H and O–H groups in total. The molecule has 4 aromatic rings. The van der Waals surface area contributed by atoms with Crippen LogP contribution in [0.25, 0.3) is 16.0 Å². The number of amides is 1. The fourth-order valence-electron chi connectivity index (χ4n) is 4.04. The number of nitro groups is 1. The minimum atomic E-state index is -0.896. The van der Waals surface area contributed by atoms with Crippen LogP contribution in [0.1, 0.15) is 22.0 Å². The highest BCUT2D eigenvalue weighted by molar-refractivity contribution is 7.22. The van der Waals surface area contributed by atoms with Crippen LogP contribution in [-0.4, -0.2) is 33.8 Å². The number of nitro benzene ring substituents is 1. The first kappa shape index (κ1) is 22.7. The number of Topliss-reactive ketones (excluding diaryl/α,β-unsaturated/α-hetero) is 1. The molecule has 0 bridgehead atoms. The first-order chi connectivity index (χ1) is 16.8. The zero-order valence-corrected chi connectivity index (χ0v) is 20.1. The highest BCUT2D eigenvalue weighted by Crippen LogP contribution is 2.46. The Kier molecular flexibility index (Phi) is 5.58. The van der Waals surface area contributed by atoms with Crippen molar-refractivity contribution in [3.63, 3.8) is 0 Å². The predicted molar refractivity (Wildman–Crippen MR) is 133 cm³/mol. The summed E-state index contributed by atoms with van der Waals surface area (Å²) in [5, 5.41) is 24.5. The van der Waals surface area contributed by atoms with Crippen molar-refractivity contribution < 1.29 is 24.4 Å². The molecule has 1 aliphatic rings. The van der Waals surface area contributed by atoms with E-state index in [1.54, 1.807) is 37.3 Å². The maximum Gasteiger partial charge on any atom is 0.301 e. The largest absolute Gasteiger partial charge is 0.507 e. The maximum absolute atomic E-state index is 13.3. The monoisotopic (exact) mass is 507 g/mol. The van der Waals surface area contributed by atoms with E-state index in [0.29, 0.717) is 32.0 Å². The molecule has 0 saturated carbocycles. The van der Waals surface area contributed by atoms with Gasteiger partial charge in [-0.3, -0.25) is 24.6 Å². The van der Waals surface area contributed by atoms with Crippen LogP contribution < -0.4 is 9.64 Å². The third-order valence-electron chi connectivity index (χ3n) is 5.72. The third-order valence-corrected chi connectivity index (χ3v) is 7.67. The van der Waals surface area contributed by atoms with E-state index in [0.717, 1.165) is 11.3 Å². The smallest absolute Gasteiger partial charge is 0.301 e. The van der Waals surface area contributed by atoms with E-state index >= 15 is 0 Å². The lowest BCUT2D eigenvalue weighted by Gasteiger charge is -2.21. The summed E-state index contributed by atoms with van der Waals surface area (Å²) >= 11 is 2.41. The molecular formula is C24H17N3O6S2. The molecule has 0 aliphatic carbocycles. The molecule has 1 atom stereocenters. The standard InChI is InChI=1S/C24H17N3O6S2/c1-12-10-14(33-2)6-7-15(12)21(28)19-20(17-4-3-9-34-17)26(23(30)22(19)29)24-25-16-8-5-13(27(31)32)11-18(16)35-24/h3-11,20,28H,1-2H3/b21-19+. The van der Waals surface area contributed by atoms with E-state index in [9.17, 15) is 24.8 Å². The van der Waals surface area contributed by atoms with E-state index in [2.05, 4.69) is 4.98 Å². The Morgan fingerprint density at radius 1 is 1.20 bits per heavy atom. The third kappa shape index (κ3) is 3.74. The second-order valence-electron chi connectivity index (χ2n) is 7.77. The molecule has 2 aromatic heterocycles. The van der Waals surface area contributed by atoms with Crippen LogP contribution in [0.3, 0.4) is 0 Å². The summed E-state index contributed by atoms with van der Waals surface area (Å²) in [6, 6.07) is 11.9. The lowest BCUT2D eigenvalue weighted by Crippen LogP contribution is -2.28. The summed E-state index contributed by atoms with van der Waals surface area (Å²) in [6.45, 7) is 1.77. The Morgan fingerprint density at radius 2 is 2.00 bits per heavy atom. The summed E-state index contributed by atoms with van der Waals surface area (Å²) in [5.41, 5.74) is 1.40. The number of rotatable bonds is 5. The summed E-state index contributed by atoms with van der Waals surface area (Å²) in [5.74, 6) is -1.36. The van der Waals surface area contributed by atoms with Crippen molar-refractivity contribution in [1.82, 2.24) is 4.98 Å². The van der Waals surface area contributed by atoms with Crippen molar-refractivity contribution in [1.29, 1.82) is 0 Å². The number of non-ortho nitro benzene ring substituents is 1. The number of carbonyl (C=O) groups is 2.